The molecular formula is C18H23N5O2. The zero-order valence-electron chi connectivity index (χ0n) is 14.2. The largest absolute Gasteiger partial charge is 0.474 e. The second-order valence-electron chi connectivity index (χ2n) is 8.20. The summed E-state index contributed by atoms with van der Waals surface area (Å²) in [6, 6.07) is 3.20. The second-order valence-corrected chi connectivity index (χ2v) is 8.20. The van der Waals surface area contributed by atoms with Gasteiger partial charge in [-0.15, -0.1) is 0 Å². The van der Waals surface area contributed by atoms with E-state index in [9.17, 15) is 0 Å². The lowest BCUT2D eigenvalue weighted by atomic mass is 9.62. The molecule has 4 heterocycles. The molecule has 1 aromatic rings. The smallest absolute Gasteiger partial charge is 0.291 e. The Labute approximate surface area is 146 Å². The van der Waals surface area contributed by atoms with Gasteiger partial charge in [-0.3, -0.25) is 10.2 Å². The number of piperidine rings is 1. The molecule has 0 amide bonds. The molecule has 1 spiro atoms. The molecule has 1 aromatic heterocycles. The highest BCUT2D eigenvalue weighted by atomic mass is 16.5. The first kappa shape index (κ1) is 14.3. The average Bonchev–Trinajstić information content (AvgIpc) is 3.22. The Morgan fingerprint density at radius 2 is 2.20 bits per heavy atom. The van der Waals surface area contributed by atoms with E-state index in [-0.39, 0.29) is 5.60 Å². The highest BCUT2D eigenvalue weighted by molar-refractivity contribution is 5.89. The van der Waals surface area contributed by atoms with Gasteiger partial charge in [0.25, 0.3) is 6.02 Å². The van der Waals surface area contributed by atoms with Crippen LogP contribution in [0.25, 0.3) is 0 Å². The summed E-state index contributed by atoms with van der Waals surface area (Å²) in [5.41, 5.74) is -0.101. The molecule has 25 heavy (non-hydrogen) atoms. The van der Waals surface area contributed by atoms with E-state index in [1.807, 2.05) is 6.07 Å². The maximum Gasteiger partial charge on any atom is 0.291 e. The summed E-state index contributed by atoms with van der Waals surface area (Å²) in [5, 5.41) is 3.22. The van der Waals surface area contributed by atoms with Gasteiger partial charge in [-0.05, 0) is 38.0 Å². The molecule has 2 saturated heterocycles. The van der Waals surface area contributed by atoms with Gasteiger partial charge in [0.05, 0.1) is 6.54 Å². The molecule has 3 unspecified atom stereocenters. The van der Waals surface area contributed by atoms with Crippen molar-refractivity contribution in [2.24, 2.45) is 16.8 Å². The van der Waals surface area contributed by atoms with E-state index < -0.39 is 0 Å². The van der Waals surface area contributed by atoms with Crippen LogP contribution in [0.4, 0.5) is 5.82 Å². The van der Waals surface area contributed by atoms with Crippen molar-refractivity contribution in [1.82, 2.24) is 14.9 Å². The maximum atomic E-state index is 6.31. The van der Waals surface area contributed by atoms with Gasteiger partial charge in [0.15, 0.2) is 0 Å². The van der Waals surface area contributed by atoms with Crippen LogP contribution in [0, 0.1) is 11.8 Å². The van der Waals surface area contributed by atoms with Crippen molar-refractivity contribution in [2.75, 3.05) is 25.0 Å². The van der Waals surface area contributed by atoms with E-state index in [0.29, 0.717) is 29.7 Å². The molecule has 7 heteroatoms. The van der Waals surface area contributed by atoms with E-state index in [1.165, 1.54) is 32.1 Å². The van der Waals surface area contributed by atoms with Crippen LogP contribution in [0.1, 0.15) is 32.1 Å². The summed E-state index contributed by atoms with van der Waals surface area (Å²) >= 11 is 0. The van der Waals surface area contributed by atoms with Gasteiger partial charge in [0.2, 0.25) is 5.88 Å². The quantitative estimate of drug-likeness (QED) is 0.902. The number of nitrogens with one attached hydrogen (secondary N) is 1. The maximum absolute atomic E-state index is 6.31. The fraction of sp³-hybridized carbons (Fsp3) is 0.722. The summed E-state index contributed by atoms with van der Waals surface area (Å²) < 4.78 is 12.3. The second kappa shape index (κ2) is 5.06. The number of fused-ring (bicyclic) bond motifs is 1. The number of anilines is 1. The molecule has 2 saturated carbocycles. The summed E-state index contributed by atoms with van der Waals surface area (Å²) in [6.45, 7) is 3.03. The van der Waals surface area contributed by atoms with Gasteiger partial charge in [0, 0.05) is 31.1 Å². The van der Waals surface area contributed by atoms with Gasteiger partial charge in [-0.1, -0.05) is 0 Å². The Morgan fingerprint density at radius 1 is 1.28 bits per heavy atom. The van der Waals surface area contributed by atoms with Gasteiger partial charge in [0.1, 0.15) is 23.9 Å². The van der Waals surface area contributed by atoms with Crippen LogP contribution in [0.15, 0.2) is 17.4 Å². The average molecular weight is 341 g/mol. The van der Waals surface area contributed by atoms with Crippen molar-refractivity contribution in [1.29, 1.82) is 0 Å². The number of amidine groups is 1. The van der Waals surface area contributed by atoms with Gasteiger partial charge in [-0.25, -0.2) is 15.0 Å². The van der Waals surface area contributed by atoms with Crippen LogP contribution in [0.2, 0.25) is 0 Å². The van der Waals surface area contributed by atoms with Crippen molar-refractivity contribution in [3.63, 3.8) is 0 Å². The van der Waals surface area contributed by atoms with E-state index in [0.717, 1.165) is 37.9 Å². The zero-order valence-corrected chi connectivity index (χ0v) is 14.2. The summed E-state index contributed by atoms with van der Waals surface area (Å²) in [6.07, 6.45) is 7.85. The third-order valence-electron chi connectivity index (χ3n) is 6.75. The first-order valence-corrected chi connectivity index (χ1v) is 9.52. The SMILES string of the molecule is c1nc(NC2=NC[C@@]3(CN4CC5CC3C54)O2)cc(OC2CCCC2)n1. The molecule has 6 rings (SSSR count). The molecule has 0 bridgehead atoms. The fourth-order valence-electron chi connectivity index (χ4n) is 5.48. The number of rotatable bonds is 3. The number of hydrogen-bond donors (Lipinski definition) is 1. The van der Waals surface area contributed by atoms with Crippen LogP contribution >= 0.6 is 0 Å². The zero-order chi connectivity index (χ0) is 16.4. The highest BCUT2D eigenvalue weighted by Gasteiger charge is 2.69. The molecule has 0 radical (unpaired) electrons. The Hall–Kier alpha value is -1.89. The number of aromatic nitrogens is 2. The lowest BCUT2D eigenvalue weighted by Crippen LogP contribution is -2.63. The van der Waals surface area contributed by atoms with Crippen molar-refractivity contribution >= 4 is 11.8 Å². The number of hydrogen-bond acceptors (Lipinski definition) is 7. The lowest BCUT2D eigenvalue weighted by Gasteiger charge is -2.55. The van der Waals surface area contributed by atoms with Crippen molar-refractivity contribution < 1.29 is 9.47 Å². The minimum absolute atomic E-state index is 0.101. The molecule has 1 N–H and O–H groups in total. The number of ether oxygens (including phenoxy) is 2. The van der Waals surface area contributed by atoms with Crippen LogP contribution in [0.5, 0.6) is 5.88 Å². The number of aliphatic imine (C=N–C) groups is 1. The first-order valence-electron chi connectivity index (χ1n) is 9.52. The van der Waals surface area contributed by atoms with Crippen molar-refractivity contribution in [2.45, 2.75) is 49.9 Å². The molecule has 5 aliphatic rings. The van der Waals surface area contributed by atoms with Crippen molar-refractivity contribution in [3.05, 3.63) is 12.4 Å². The Balaban J connectivity index is 1.13. The molecule has 4 atom stereocenters. The molecule has 3 aliphatic heterocycles. The van der Waals surface area contributed by atoms with Gasteiger partial charge in [-0.2, -0.15) is 0 Å². The minimum atomic E-state index is -0.101. The Morgan fingerprint density at radius 3 is 3.04 bits per heavy atom. The molecule has 7 nitrogen and oxygen atoms in total. The third kappa shape index (κ3) is 2.11. The predicted molar refractivity (Wildman–Crippen MR) is 91.6 cm³/mol. The monoisotopic (exact) mass is 341 g/mol. The minimum Gasteiger partial charge on any atom is -0.474 e. The molecule has 2 aliphatic carbocycles. The normalized spacial score (nSPS) is 38.7. The highest BCUT2D eigenvalue weighted by Crippen LogP contribution is 2.58. The molecule has 4 fully saturated rings. The van der Waals surface area contributed by atoms with E-state index in [2.05, 4.69) is 25.2 Å². The van der Waals surface area contributed by atoms with E-state index in [4.69, 9.17) is 9.47 Å². The van der Waals surface area contributed by atoms with Gasteiger partial charge >= 0.3 is 0 Å². The van der Waals surface area contributed by atoms with Crippen LogP contribution < -0.4 is 10.1 Å². The summed E-state index contributed by atoms with van der Waals surface area (Å²) in [4.78, 5) is 15.7. The third-order valence-corrected chi connectivity index (χ3v) is 6.75. The van der Waals surface area contributed by atoms with Crippen LogP contribution in [0.3, 0.4) is 0 Å². The predicted octanol–water partition coefficient (Wildman–Crippen LogP) is 1.67. The Kier molecular flexibility index (Phi) is 2.90. The standard InChI is InChI=1S/C18H23N5O2/c1-2-4-12(3-1)24-15-6-14(20-10-21-15)22-17-19-8-18(25-17)9-23-7-11-5-13(18)16(11)23/h6,10-13,16H,1-5,7-9H2,(H,19,20,21,22)/t11?,13?,16?,18-/m0/s1. The molecule has 132 valence electrons. The first-order chi connectivity index (χ1) is 12.3. The summed E-state index contributed by atoms with van der Waals surface area (Å²) in [7, 11) is 0. The van der Waals surface area contributed by atoms with E-state index >= 15 is 0 Å². The summed E-state index contributed by atoms with van der Waals surface area (Å²) in [5.74, 6) is 2.89. The number of nitrogens with zero attached hydrogens (tertiary/aromatic N) is 4. The fourth-order valence-corrected chi connectivity index (χ4v) is 5.48. The molecular weight excluding hydrogens is 318 g/mol. The van der Waals surface area contributed by atoms with Crippen LogP contribution in [-0.2, 0) is 4.74 Å². The van der Waals surface area contributed by atoms with Gasteiger partial charge < -0.3 is 9.47 Å². The Bertz CT molecular complexity index is 734. The van der Waals surface area contributed by atoms with Crippen molar-refractivity contribution in [3.8, 4) is 5.88 Å². The molecule has 0 aromatic carbocycles. The van der Waals surface area contributed by atoms with Crippen LogP contribution in [-0.4, -0.2) is 58.3 Å². The van der Waals surface area contributed by atoms with E-state index in [1.54, 1.807) is 0 Å². The lowest BCUT2D eigenvalue weighted by molar-refractivity contribution is -0.0745. The topological polar surface area (TPSA) is 71.9 Å².